The van der Waals surface area contributed by atoms with Gasteiger partial charge in [0.05, 0.1) is 17.7 Å². The molecule has 0 fully saturated rings. The van der Waals surface area contributed by atoms with Crippen molar-refractivity contribution in [2.45, 2.75) is 13.3 Å². The Morgan fingerprint density at radius 1 is 1.44 bits per heavy atom. The van der Waals surface area contributed by atoms with E-state index in [9.17, 15) is 0 Å². The number of anilines is 2. The third-order valence-electron chi connectivity index (χ3n) is 2.59. The molecule has 16 heavy (non-hydrogen) atoms. The van der Waals surface area contributed by atoms with Gasteiger partial charge in [0.1, 0.15) is 0 Å². The summed E-state index contributed by atoms with van der Waals surface area (Å²) in [5.41, 5.74) is 10.0. The van der Waals surface area contributed by atoms with Gasteiger partial charge < -0.3 is 16.0 Å². The van der Waals surface area contributed by atoms with Crippen LogP contribution in [0.15, 0.2) is 30.7 Å². The van der Waals surface area contributed by atoms with Gasteiger partial charge in [0.25, 0.3) is 0 Å². The number of aromatic amines is 1. The van der Waals surface area contributed by atoms with Crippen LogP contribution in [0.1, 0.15) is 11.3 Å². The van der Waals surface area contributed by atoms with E-state index in [1.165, 1.54) is 0 Å². The summed E-state index contributed by atoms with van der Waals surface area (Å²) in [5.74, 6) is 0. The number of nitrogens with two attached hydrogens (primary N) is 1. The van der Waals surface area contributed by atoms with E-state index >= 15 is 0 Å². The Morgan fingerprint density at radius 3 is 3.06 bits per heavy atom. The van der Waals surface area contributed by atoms with Crippen LogP contribution in [-0.2, 0) is 6.42 Å². The fourth-order valence-corrected chi connectivity index (χ4v) is 1.59. The minimum absolute atomic E-state index is 0.826. The summed E-state index contributed by atoms with van der Waals surface area (Å²) in [6.07, 6.45) is 4.44. The first-order valence-corrected chi connectivity index (χ1v) is 5.33. The summed E-state index contributed by atoms with van der Waals surface area (Å²) in [6, 6.07) is 6.01. The maximum absolute atomic E-state index is 5.96. The van der Waals surface area contributed by atoms with Gasteiger partial charge in [0.2, 0.25) is 0 Å². The van der Waals surface area contributed by atoms with E-state index in [1.807, 2.05) is 31.3 Å². The first kappa shape index (κ1) is 10.5. The quantitative estimate of drug-likeness (QED) is 0.684. The average molecular weight is 216 g/mol. The van der Waals surface area contributed by atoms with Gasteiger partial charge in [-0.1, -0.05) is 12.1 Å². The predicted molar refractivity (Wildman–Crippen MR) is 66.4 cm³/mol. The molecule has 0 saturated heterocycles. The number of nitrogens with zero attached hydrogens (tertiary/aromatic N) is 1. The molecule has 2 rings (SSSR count). The van der Waals surface area contributed by atoms with E-state index in [2.05, 4.69) is 15.3 Å². The number of hydrogen-bond acceptors (Lipinski definition) is 3. The number of aryl methyl sites for hydroxylation is 1. The second kappa shape index (κ2) is 4.70. The van der Waals surface area contributed by atoms with E-state index in [0.29, 0.717) is 0 Å². The molecule has 0 atom stereocenters. The SMILES string of the molecule is Cc1cccc(NCCc2cnc[nH]2)c1N. The fraction of sp³-hybridized carbons (Fsp3) is 0.250. The molecule has 2 aromatic rings. The smallest absolute Gasteiger partial charge is 0.0921 e. The highest BCUT2D eigenvalue weighted by Crippen LogP contribution is 2.21. The van der Waals surface area contributed by atoms with E-state index in [1.54, 1.807) is 6.33 Å². The lowest BCUT2D eigenvalue weighted by Gasteiger charge is -2.10. The Bertz CT molecular complexity index is 448. The fourth-order valence-electron chi connectivity index (χ4n) is 1.59. The molecule has 0 spiro atoms. The molecule has 0 bridgehead atoms. The molecular formula is C12H16N4. The van der Waals surface area contributed by atoms with E-state index in [-0.39, 0.29) is 0 Å². The highest BCUT2D eigenvalue weighted by atomic mass is 14.9. The highest BCUT2D eigenvalue weighted by Gasteiger charge is 2.00. The zero-order chi connectivity index (χ0) is 11.4. The second-order valence-electron chi connectivity index (χ2n) is 3.79. The van der Waals surface area contributed by atoms with Crippen LogP contribution in [-0.4, -0.2) is 16.5 Å². The van der Waals surface area contributed by atoms with E-state index in [0.717, 1.165) is 35.6 Å². The number of aromatic nitrogens is 2. The van der Waals surface area contributed by atoms with Crippen molar-refractivity contribution in [3.05, 3.63) is 42.0 Å². The molecule has 0 saturated carbocycles. The Kier molecular flexibility index (Phi) is 3.10. The summed E-state index contributed by atoms with van der Waals surface area (Å²) in [7, 11) is 0. The van der Waals surface area contributed by atoms with Gasteiger partial charge in [-0.25, -0.2) is 4.98 Å². The number of nitrogen functional groups attached to an aromatic ring is 1. The normalized spacial score (nSPS) is 10.3. The molecule has 1 aromatic carbocycles. The van der Waals surface area contributed by atoms with Gasteiger partial charge in [-0.15, -0.1) is 0 Å². The molecule has 4 nitrogen and oxygen atoms in total. The number of H-pyrrole nitrogens is 1. The van der Waals surface area contributed by atoms with Gasteiger partial charge in [-0.3, -0.25) is 0 Å². The Hall–Kier alpha value is -1.97. The van der Waals surface area contributed by atoms with Crippen molar-refractivity contribution in [2.75, 3.05) is 17.6 Å². The topological polar surface area (TPSA) is 66.7 Å². The number of benzene rings is 1. The Morgan fingerprint density at radius 2 is 2.31 bits per heavy atom. The number of hydrogen-bond donors (Lipinski definition) is 3. The summed E-state index contributed by atoms with van der Waals surface area (Å²) in [4.78, 5) is 7.04. The lowest BCUT2D eigenvalue weighted by molar-refractivity contribution is 0.977. The molecule has 1 heterocycles. The van der Waals surface area contributed by atoms with Crippen LogP contribution in [0.5, 0.6) is 0 Å². The summed E-state index contributed by atoms with van der Waals surface area (Å²) < 4.78 is 0. The summed E-state index contributed by atoms with van der Waals surface area (Å²) in [6.45, 7) is 2.85. The lowest BCUT2D eigenvalue weighted by Crippen LogP contribution is -2.07. The lowest BCUT2D eigenvalue weighted by atomic mass is 10.1. The van der Waals surface area contributed by atoms with Crippen molar-refractivity contribution in [1.82, 2.24) is 9.97 Å². The molecular weight excluding hydrogens is 200 g/mol. The maximum atomic E-state index is 5.96. The number of nitrogens with one attached hydrogen (secondary N) is 2. The first-order chi connectivity index (χ1) is 7.77. The molecule has 1 aromatic heterocycles. The molecule has 0 aliphatic rings. The van der Waals surface area contributed by atoms with Gasteiger partial charge in [0, 0.05) is 24.9 Å². The number of para-hydroxylation sites is 1. The van der Waals surface area contributed by atoms with Gasteiger partial charge in [-0.05, 0) is 18.6 Å². The zero-order valence-corrected chi connectivity index (χ0v) is 9.33. The molecule has 0 aliphatic carbocycles. The molecule has 0 unspecified atom stereocenters. The summed E-state index contributed by atoms with van der Waals surface area (Å²) >= 11 is 0. The number of imidazole rings is 1. The Balaban J connectivity index is 1.92. The van der Waals surface area contributed by atoms with Crippen molar-refractivity contribution < 1.29 is 0 Å². The van der Waals surface area contributed by atoms with Crippen LogP contribution in [0.2, 0.25) is 0 Å². The number of rotatable bonds is 4. The maximum Gasteiger partial charge on any atom is 0.0921 e. The van der Waals surface area contributed by atoms with Crippen molar-refractivity contribution in [1.29, 1.82) is 0 Å². The predicted octanol–water partition coefficient (Wildman–Crippen LogP) is 1.95. The molecule has 4 N–H and O–H groups in total. The van der Waals surface area contributed by atoms with Crippen molar-refractivity contribution in [2.24, 2.45) is 0 Å². The van der Waals surface area contributed by atoms with Crippen LogP contribution in [0, 0.1) is 6.92 Å². The van der Waals surface area contributed by atoms with Crippen LogP contribution < -0.4 is 11.1 Å². The molecule has 4 heteroatoms. The zero-order valence-electron chi connectivity index (χ0n) is 9.33. The monoisotopic (exact) mass is 216 g/mol. The molecule has 0 radical (unpaired) electrons. The van der Waals surface area contributed by atoms with Crippen molar-refractivity contribution in [3.63, 3.8) is 0 Å². The van der Waals surface area contributed by atoms with E-state index < -0.39 is 0 Å². The minimum atomic E-state index is 0.826. The van der Waals surface area contributed by atoms with Gasteiger partial charge in [-0.2, -0.15) is 0 Å². The van der Waals surface area contributed by atoms with Crippen LogP contribution in [0.25, 0.3) is 0 Å². The van der Waals surface area contributed by atoms with Crippen LogP contribution >= 0.6 is 0 Å². The second-order valence-corrected chi connectivity index (χ2v) is 3.79. The average Bonchev–Trinajstić information content (AvgIpc) is 2.77. The van der Waals surface area contributed by atoms with Gasteiger partial charge in [0.15, 0.2) is 0 Å². The third kappa shape index (κ3) is 2.34. The molecule has 0 aliphatic heterocycles. The van der Waals surface area contributed by atoms with Crippen molar-refractivity contribution >= 4 is 11.4 Å². The summed E-state index contributed by atoms with van der Waals surface area (Å²) in [5, 5.41) is 3.32. The molecule has 84 valence electrons. The largest absolute Gasteiger partial charge is 0.397 e. The third-order valence-corrected chi connectivity index (χ3v) is 2.59. The van der Waals surface area contributed by atoms with Gasteiger partial charge >= 0.3 is 0 Å². The van der Waals surface area contributed by atoms with Crippen LogP contribution in [0.4, 0.5) is 11.4 Å². The van der Waals surface area contributed by atoms with Crippen molar-refractivity contribution in [3.8, 4) is 0 Å². The molecule has 0 amide bonds. The standard InChI is InChI=1S/C12H16N4/c1-9-3-2-4-11(12(9)13)15-6-5-10-7-14-8-16-10/h2-4,7-8,15H,5-6,13H2,1H3,(H,14,16). The van der Waals surface area contributed by atoms with Crippen LogP contribution in [0.3, 0.4) is 0 Å². The highest BCUT2D eigenvalue weighted by molar-refractivity contribution is 5.69. The van der Waals surface area contributed by atoms with E-state index in [4.69, 9.17) is 5.73 Å². The first-order valence-electron chi connectivity index (χ1n) is 5.33. The minimum Gasteiger partial charge on any atom is -0.397 e. The Labute approximate surface area is 94.9 Å².